The molecule has 1 aromatic heterocycles. The van der Waals surface area contributed by atoms with E-state index in [9.17, 15) is 14.4 Å². The van der Waals surface area contributed by atoms with E-state index in [1.54, 1.807) is 31.2 Å². The molecular formula is C23H21N3O6. The van der Waals surface area contributed by atoms with Crippen LogP contribution < -0.4 is 20.1 Å². The Labute approximate surface area is 183 Å². The number of urea groups is 1. The molecule has 3 heterocycles. The predicted molar refractivity (Wildman–Crippen MR) is 113 cm³/mol. The van der Waals surface area contributed by atoms with Crippen LogP contribution in [0.1, 0.15) is 12.7 Å². The molecule has 9 heteroatoms. The van der Waals surface area contributed by atoms with Crippen molar-refractivity contribution in [1.82, 2.24) is 15.5 Å². The van der Waals surface area contributed by atoms with Crippen LogP contribution in [0.25, 0.3) is 11.0 Å². The van der Waals surface area contributed by atoms with Gasteiger partial charge in [0.05, 0.1) is 6.54 Å². The van der Waals surface area contributed by atoms with Crippen molar-refractivity contribution in [2.24, 2.45) is 0 Å². The number of benzene rings is 2. The molecule has 164 valence electrons. The number of rotatable bonds is 5. The second kappa shape index (κ2) is 7.60. The fourth-order valence-electron chi connectivity index (χ4n) is 3.83. The van der Waals surface area contributed by atoms with Crippen LogP contribution in [-0.4, -0.2) is 48.5 Å². The Morgan fingerprint density at radius 2 is 1.91 bits per heavy atom. The lowest BCUT2D eigenvalue weighted by molar-refractivity contribution is -0.135. The van der Waals surface area contributed by atoms with Gasteiger partial charge < -0.3 is 24.5 Å². The number of amides is 4. The summed E-state index contributed by atoms with van der Waals surface area (Å²) >= 11 is 0. The molecule has 3 aromatic rings. The van der Waals surface area contributed by atoms with E-state index < -0.39 is 29.9 Å². The van der Waals surface area contributed by atoms with Gasteiger partial charge in [-0.25, -0.2) is 4.79 Å². The molecule has 2 aliphatic rings. The van der Waals surface area contributed by atoms with Crippen LogP contribution in [0, 0.1) is 0 Å². The molecular weight excluding hydrogens is 414 g/mol. The van der Waals surface area contributed by atoms with Gasteiger partial charge in [-0.1, -0.05) is 30.3 Å². The summed E-state index contributed by atoms with van der Waals surface area (Å²) in [5.41, 5.74) is -0.779. The predicted octanol–water partition coefficient (Wildman–Crippen LogP) is 2.16. The van der Waals surface area contributed by atoms with Crippen LogP contribution in [-0.2, 0) is 15.1 Å². The number of fused-ring (bicyclic) bond motifs is 2. The van der Waals surface area contributed by atoms with Gasteiger partial charge in [-0.05, 0) is 31.2 Å². The molecule has 9 nitrogen and oxygen atoms in total. The molecule has 0 bridgehead atoms. The van der Waals surface area contributed by atoms with Crippen molar-refractivity contribution < 1.29 is 28.3 Å². The quantitative estimate of drug-likeness (QED) is 0.595. The van der Waals surface area contributed by atoms with Gasteiger partial charge in [0.15, 0.2) is 17.0 Å². The molecule has 5 rings (SSSR count). The van der Waals surface area contributed by atoms with E-state index in [-0.39, 0.29) is 19.3 Å². The number of para-hydroxylation sites is 3. The standard InChI is InChI=1S/C23H21N3O6/c1-23(19-10-14-6-2-3-7-16(14)32-19)21(28)26(22(29)25-23)12-20(27)24-11-15-13-30-17-8-4-5-9-18(17)31-15/h2-10,15H,11-13H2,1H3,(H,24,27)(H,25,29)/t15-,23+/m1/s1. The highest BCUT2D eigenvalue weighted by Crippen LogP contribution is 2.33. The lowest BCUT2D eigenvalue weighted by atomic mass is 9.99. The summed E-state index contributed by atoms with van der Waals surface area (Å²) in [5.74, 6) is 0.534. The van der Waals surface area contributed by atoms with Crippen molar-refractivity contribution in [3.05, 3.63) is 60.4 Å². The number of nitrogens with zero attached hydrogens (tertiary/aromatic N) is 1. The first-order chi connectivity index (χ1) is 15.4. The Kier molecular flexibility index (Phi) is 4.73. The molecule has 1 saturated heterocycles. The highest BCUT2D eigenvalue weighted by atomic mass is 16.6. The van der Waals surface area contributed by atoms with Crippen molar-refractivity contribution in [2.45, 2.75) is 18.6 Å². The number of carbonyl (C=O) groups excluding carboxylic acids is 3. The van der Waals surface area contributed by atoms with Gasteiger partial charge in [-0.15, -0.1) is 0 Å². The summed E-state index contributed by atoms with van der Waals surface area (Å²) in [6, 6.07) is 15.7. The summed E-state index contributed by atoms with van der Waals surface area (Å²) in [5, 5.41) is 6.16. The van der Waals surface area contributed by atoms with Gasteiger partial charge >= 0.3 is 6.03 Å². The molecule has 2 aliphatic heterocycles. The van der Waals surface area contributed by atoms with E-state index in [4.69, 9.17) is 13.9 Å². The third-order valence-corrected chi connectivity index (χ3v) is 5.59. The zero-order valence-electron chi connectivity index (χ0n) is 17.3. The minimum atomic E-state index is -1.39. The fourth-order valence-corrected chi connectivity index (χ4v) is 3.83. The molecule has 0 saturated carbocycles. The van der Waals surface area contributed by atoms with Crippen LogP contribution in [0.4, 0.5) is 4.79 Å². The topological polar surface area (TPSA) is 110 Å². The maximum Gasteiger partial charge on any atom is 0.325 e. The SMILES string of the molecule is C[C@@]1(c2cc3ccccc3o2)NC(=O)N(CC(=O)NC[C@@H]2COc3ccccc3O2)C1=O. The summed E-state index contributed by atoms with van der Waals surface area (Å²) < 4.78 is 17.2. The van der Waals surface area contributed by atoms with Crippen molar-refractivity contribution in [3.63, 3.8) is 0 Å². The van der Waals surface area contributed by atoms with E-state index in [1.165, 1.54) is 0 Å². The van der Waals surface area contributed by atoms with Crippen LogP contribution >= 0.6 is 0 Å². The first kappa shape index (κ1) is 19.9. The third kappa shape index (κ3) is 3.41. The number of hydrogen-bond acceptors (Lipinski definition) is 6. The molecule has 4 amide bonds. The summed E-state index contributed by atoms with van der Waals surface area (Å²) in [6.45, 7) is 1.61. The van der Waals surface area contributed by atoms with Crippen LogP contribution in [0.5, 0.6) is 11.5 Å². The first-order valence-electron chi connectivity index (χ1n) is 10.2. The van der Waals surface area contributed by atoms with Crippen molar-refractivity contribution in [3.8, 4) is 11.5 Å². The summed E-state index contributed by atoms with van der Waals surface area (Å²) in [7, 11) is 0. The smallest absolute Gasteiger partial charge is 0.325 e. The van der Waals surface area contributed by atoms with Crippen LogP contribution in [0.15, 0.2) is 59.0 Å². The summed E-state index contributed by atoms with van der Waals surface area (Å²) in [4.78, 5) is 38.9. The Morgan fingerprint density at radius 3 is 2.72 bits per heavy atom. The van der Waals surface area contributed by atoms with Crippen molar-refractivity contribution in [2.75, 3.05) is 19.7 Å². The third-order valence-electron chi connectivity index (χ3n) is 5.59. The first-order valence-corrected chi connectivity index (χ1v) is 10.2. The molecule has 0 radical (unpaired) electrons. The van der Waals surface area contributed by atoms with E-state index in [0.29, 0.717) is 22.8 Å². The summed E-state index contributed by atoms with van der Waals surface area (Å²) in [6.07, 6.45) is -0.377. The van der Waals surface area contributed by atoms with Crippen LogP contribution in [0.3, 0.4) is 0 Å². The van der Waals surface area contributed by atoms with Gasteiger partial charge in [-0.2, -0.15) is 0 Å². The van der Waals surface area contributed by atoms with Gasteiger partial charge in [0.1, 0.15) is 30.6 Å². The molecule has 2 atom stereocenters. The van der Waals surface area contributed by atoms with E-state index in [0.717, 1.165) is 10.3 Å². The van der Waals surface area contributed by atoms with E-state index in [1.807, 2.05) is 30.3 Å². The largest absolute Gasteiger partial charge is 0.486 e. The maximum absolute atomic E-state index is 13.1. The van der Waals surface area contributed by atoms with Crippen LogP contribution in [0.2, 0.25) is 0 Å². The lowest BCUT2D eigenvalue weighted by Gasteiger charge is -2.26. The minimum Gasteiger partial charge on any atom is -0.486 e. The molecule has 2 N–H and O–H groups in total. The molecule has 2 aromatic carbocycles. The number of carbonyl (C=O) groups is 3. The fraction of sp³-hybridized carbons (Fsp3) is 0.261. The number of hydrogen-bond donors (Lipinski definition) is 2. The van der Waals surface area contributed by atoms with Gasteiger partial charge in [0.2, 0.25) is 5.91 Å². The Morgan fingerprint density at radius 1 is 1.16 bits per heavy atom. The second-order valence-electron chi connectivity index (χ2n) is 7.90. The maximum atomic E-state index is 13.1. The highest BCUT2D eigenvalue weighted by Gasteiger charge is 2.51. The highest BCUT2D eigenvalue weighted by molar-refractivity contribution is 6.09. The molecule has 0 aliphatic carbocycles. The minimum absolute atomic E-state index is 0.178. The van der Waals surface area contributed by atoms with E-state index in [2.05, 4.69) is 10.6 Å². The van der Waals surface area contributed by atoms with Crippen molar-refractivity contribution in [1.29, 1.82) is 0 Å². The number of furan rings is 1. The second-order valence-corrected chi connectivity index (χ2v) is 7.90. The zero-order valence-corrected chi connectivity index (χ0v) is 17.3. The van der Waals surface area contributed by atoms with Gasteiger partial charge in [0, 0.05) is 5.39 Å². The van der Waals surface area contributed by atoms with Crippen molar-refractivity contribution >= 4 is 28.8 Å². The van der Waals surface area contributed by atoms with Gasteiger partial charge in [0.25, 0.3) is 5.91 Å². The normalized spacial score (nSPS) is 22.2. The Bertz CT molecular complexity index is 1190. The van der Waals surface area contributed by atoms with E-state index >= 15 is 0 Å². The Hall–Kier alpha value is -4.01. The number of nitrogens with one attached hydrogen (secondary N) is 2. The average molecular weight is 435 g/mol. The van der Waals surface area contributed by atoms with Gasteiger partial charge in [-0.3, -0.25) is 14.5 Å². The monoisotopic (exact) mass is 435 g/mol. The number of ether oxygens (including phenoxy) is 2. The Balaban J connectivity index is 1.22. The average Bonchev–Trinajstić information content (AvgIpc) is 3.33. The molecule has 0 spiro atoms. The molecule has 32 heavy (non-hydrogen) atoms. The zero-order chi connectivity index (χ0) is 22.3. The molecule has 1 fully saturated rings. The molecule has 0 unspecified atom stereocenters. The number of imide groups is 1. The lowest BCUT2D eigenvalue weighted by Crippen LogP contribution is -2.46.